The first-order valence-electron chi connectivity index (χ1n) is 4.77. The molecule has 0 amide bonds. The summed E-state index contributed by atoms with van der Waals surface area (Å²) in [6.07, 6.45) is 1.61. The Morgan fingerprint density at radius 3 is 2.80 bits per heavy atom. The lowest BCUT2D eigenvalue weighted by molar-refractivity contribution is 0.0537. The molecule has 0 bridgehead atoms. The fourth-order valence-electron chi connectivity index (χ4n) is 1.16. The zero-order chi connectivity index (χ0) is 11.4. The monoisotopic (exact) mass is 212 g/mol. The van der Waals surface area contributed by atoms with Crippen molar-refractivity contribution in [2.45, 2.75) is 26.6 Å². The lowest BCUT2D eigenvalue weighted by Crippen LogP contribution is -2.11. The molecule has 1 rings (SSSR count). The number of carbonyl (C=O) groups is 1. The van der Waals surface area contributed by atoms with Crippen LogP contribution in [0.5, 0.6) is 0 Å². The van der Waals surface area contributed by atoms with Gasteiger partial charge in [0.25, 0.3) is 0 Å². The molecule has 5 heteroatoms. The summed E-state index contributed by atoms with van der Waals surface area (Å²) >= 11 is 0. The number of rotatable bonds is 4. The summed E-state index contributed by atoms with van der Waals surface area (Å²) in [5.41, 5.74) is 1.19. The van der Waals surface area contributed by atoms with Crippen molar-refractivity contribution in [3.05, 3.63) is 17.5 Å². The van der Waals surface area contributed by atoms with Crippen LogP contribution in [0.1, 0.15) is 29.9 Å². The lowest BCUT2D eigenvalue weighted by Gasteiger charge is -2.09. The highest BCUT2D eigenvalue weighted by Gasteiger charge is 2.16. The first kappa shape index (κ1) is 11.7. The Morgan fingerprint density at radius 1 is 1.60 bits per heavy atom. The number of hydrogen-bond donors (Lipinski definition) is 0. The molecule has 0 spiro atoms. The first-order valence-corrected chi connectivity index (χ1v) is 4.77. The van der Waals surface area contributed by atoms with E-state index in [1.54, 1.807) is 11.7 Å². The van der Waals surface area contributed by atoms with Crippen LogP contribution < -0.4 is 0 Å². The fraction of sp³-hybridized carbons (Fsp3) is 0.600. The highest BCUT2D eigenvalue weighted by molar-refractivity contribution is 5.90. The van der Waals surface area contributed by atoms with Gasteiger partial charge >= 0.3 is 5.97 Å². The van der Waals surface area contributed by atoms with E-state index in [1.807, 2.05) is 13.8 Å². The molecule has 84 valence electrons. The van der Waals surface area contributed by atoms with Crippen LogP contribution in [-0.4, -0.2) is 29.0 Å². The van der Waals surface area contributed by atoms with Gasteiger partial charge in [0, 0.05) is 7.05 Å². The summed E-state index contributed by atoms with van der Waals surface area (Å²) in [5, 5.41) is 4.00. The zero-order valence-electron chi connectivity index (χ0n) is 9.48. The van der Waals surface area contributed by atoms with Crippen molar-refractivity contribution in [3.63, 3.8) is 0 Å². The van der Waals surface area contributed by atoms with Crippen LogP contribution in [0, 0.1) is 0 Å². The molecule has 1 heterocycles. The van der Waals surface area contributed by atoms with E-state index in [0.29, 0.717) is 12.2 Å². The number of nitrogens with zero attached hydrogens (tertiary/aromatic N) is 2. The molecule has 0 radical (unpaired) electrons. The molecule has 0 saturated carbocycles. The summed E-state index contributed by atoms with van der Waals surface area (Å²) in [5.74, 6) is -0.384. The van der Waals surface area contributed by atoms with Crippen molar-refractivity contribution in [1.29, 1.82) is 0 Å². The Labute approximate surface area is 89.0 Å². The Kier molecular flexibility index (Phi) is 3.85. The summed E-state index contributed by atoms with van der Waals surface area (Å²) in [6.45, 7) is 4.24. The summed E-state index contributed by atoms with van der Waals surface area (Å²) in [7, 11) is 3.12. The third-order valence-corrected chi connectivity index (χ3v) is 2.02. The van der Waals surface area contributed by atoms with Gasteiger partial charge in [-0.3, -0.25) is 4.68 Å². The van der Waals surface area contributed by atoms with E-state index in [4.69, 9.17) is 4.74 Å². The highest BCUT2D eigenvalue weighted by Crippen LogP contribution is 2.11. The number of carbonyl (C=O) groups excluding carboxylic acids is 1. The van der Waals surface area contributed by atoms with Gasteiger partial charge in [0.15, 0.2) is 0 Å². The van der Waals surface area contributed by atoms with Crippen molar-refractivity contribution >= 4 is 5.97 Å². The van der Waals surface area contributed by atoms with Gasteiger partial charge in [0.05, 0.1) is 31.7 Å². The molecule has 0 aliphatic heterocycles. The topological polar surface area (TPSA) is 53.3 Å². The van der Waals surface area contributed by atoms with Crippen molar-refractivity contribution in [3.8, 4) is 0 Å². The van der Waals surface area contributed by atoms with Gasteiger partial charge in [-0.1, -0.05) is 0 Å². The standard InChI is InChI=1S/C10H16N2O3/c1-7(2)15-6-9-8(10(13)14-4)5-11-12(9)3/h5,7H,6H2,1-4H3. The fourth-order valence-corrected chi connectivity index (χ4v) is 1.16. The minimum absolute atomic E-state index is 0.116. The second-order valence-corrected chi connectivity index (χ2v) is 3.48. The quantitative estimate of drug-likeness (QED) is 0.702. The summed E-state index contributed by atoms with van der Waals surface area (Å²) < 4.78 is 11.7. The molecular formula is C10H16N2O3. The maximum atomic E-state index is 11.4. The Balaban J connectivity index is 2.84. The van der Waals surface area contributed by atoms with Gasteiger partial charge < -0.3 is 9.47 Å². The first-order chi connectivity index (χ1) is 7.06. The van der Waals surface area contributed by atoms with Crippen LogP contribution in [0.3, 0.4) is 0 Å². The SMILES string of the molecule is COC(=O)c1cnn(C)c1COC(C)C. The van der Waals surface area contributed by atoms with Crippen LogP contribution >= 0.6 is 0 Å². The molecule has 1 aromatic rings. The maximum Gasteiger partial charge on any atom is 0.341 e. The molecule has 0 N–H and O–H groups in total. The van der Waals surface area contributed by atoms with E-state index in [9.17, 15) is 4.79 Å². The van der Waals surface area contributed by atoms with Crippen LogP contribution in [-0.2, 0) is 23.1 Å². The third kappa shape index (κ3) is 2.79. The number of hydrogen-bond acceptors (Lipinski definition) is 4. The van der Waals surface area contributed by atoms with Gasteiger partial charge in [-0.25, -0.2) is 4.79 Å². The number of aryl methyl sites for hydroxylation is 1. The van der Waals surface area contributed by atoms with E-state index in [-0.39, 0.29) is 12.1 Å². The molecule has 0 aliphatic carbocycles. The predicted octanol–water partition coefficient (Wildman–Crippen LogP) is 1.13. The van der Waals surface area contributed by atoms with Crippen LogP contribution in [0.2, 0.25) is 0 Å². The van der Waals surface area contributed by atoms with E-state index in [0.717, 1.165) is 5.69 Å². The average molecular weight is 212 g/mol. The molecule has 0 fully saturated rings. The largest absolute Gasteiger partial charge is 0.465 e. The molecule has 5 nitrogen and oxygen atoms in total. The molecule has 0 aliphatic rings. The number of ether oxygens (including phenoxy) is 2. The Hall–Kier alpha value is -1.36. The van der Waals surface area contributed by atoms with Crippen molar-refractivity contribution in [1.82, 2.24) is 9.78 Å². The maximum absolute atomic E-state index is 11.4. The molecule has 0 aromatic carbocycles. The molecule has 0 unspecified atom stereocenters. The minimum Gasteiger partial charge on any atom is -0.465 e. The summed E-state index contributed by atoms with van der Waals surface area (Å²) in [6, 6.07) is 0. The molecule has 0 atom stereocenters. The Bertz CT molecular complexity index is 344. The van der Waals surface area contributed by atoms with E-state index < -0.39 is 0 Å². The zero-order valence-corrected chi connectivity index (χ0v) is 9.48. The van der Waals surface area contributed by atoms with E-state index in [1.165, 1.54) is 13.3 Å². The predicted molar refractivity (Wildman–Crippen MR) is 54.5 cm³/mol. The van der Waals surface area contributed by atoms with Gasteiger partial charge in [-0.15, -0.1) is 0 Å². The van der Waals surface area contributed by atoms with Crippen LogP contribution in [0.15, 0.2) is 6.20 Å². The number of methoxy groups -OCH3 is 1. The van der Waals surface area contributed by atoms with Crippen LogP contribution in [0.4, 0.5) is 0 Å². The molecule has 1 aromatic heterocycles. The minimum atomic E-state index is -0.384. The van der Waals surface area contributed by atoms with Gasteiger partial charge in [-0.2, -0.15) is 5.10 Å². The third-order valence-electron chi connectivity index (χ3n) is 2.02. The normalized spacial score (nSPS) is 10.7. The number of aromatic nitrogens is 2. The number of esters is 1. The van der Waals surface area contributed by atoms with Gasteiger partial charge in [0.2, 0.25) is 0 Å². The molecule has 15 heavy (non-hydrogen) atoms. The second kappa shape index (κ2) is 4.93. The smallest absolute Gasteiger partial charge is 0.341 e. The van der Waals surface area contributed by atoms with Crippen molar-refractivity contribution in [2.75, 3.05) is 7.11 Å². The second-order valence-electron chi connectivity index (χ2n) is 3.48. The van der Waals surface area contributed by atoms with Crippen molar-refractivity contribution < 1.29 is 14.3 Å². The lowest BCUT2D eigenvalue weighted by atomic mass is 10.2. The van der Waals surface area contributed by atoms with Gasteiger partial charge in [-0.05, 0) is 13.8 Å². The van der Waals surface area contributed by atoms with Gasteiger partial charge in [0.1, 0.15) is 5.56 Å². The average Bonchev–Trinajstić information content (AvgIpc) is 2.55. The van der Waals surface area contributed by atoms with E-state index in [2.05, 4.69) is 9.84 Å². The highest BCUT2D eigenvalue weighted by atomic mass is 16.5. The molecular weight excluding hydrogens is 196 g/mol. The Morgan fingerprint density at radius 2 is 2.27 bits per heavy atom. The molecule has 0 saturated heterocycles. The van der Waals surface area contributed by atoms with E-state index >= 15 is 0 Å². The summed E-state index contributed by atoms with van der Waals surface area (Å²) in [4.78, 5) is 11.4. The van der Waals surface area contributed by atoms with Crippen molar-refractivity contribution in [2.24, 2.45) is 7.05 Å². The van der Waals surface area contributed by atoms with Crippen LogP contribution in [0.25, 0.3) is 0 Å².